The Kier molecular flexibility index (Phi) is 3.98. The number of morpholine rings is 1. The maximum Gasteiger partial charge on any atom is 0.307 e. The van der Waals surface area contributed by atoms with Crippen LogP contribution in [0.25, 0.3) is 0 Å². The van der Waals surface area contributed by atoms with Crippen LogP contribution in [-0.2, 0) is 9.53 Å². The quantitative estimate of drug-likeness (QED) is 0.770. The number of aliphatic carboxylic acids is 1. The third kappa shape index (κ3) is 2.96. The van der Waals surface area contributed by atoms with Crippen molar-refractivity contribution < 1.29 is 19.7 Å². The summed E-state index contributed by atoms with van der Waals surface area (Å²) in [4.78, 5) is 13.3. The SMILES string of the molecule is O=C(O)C1CNC(c2cc(N3CCOCC3)ccc2O)C1. The molecule has 0 saturated carbocycles. The zero-order valence-electron chi connectivity index (χ0n) is 11.8. The second-order valence-corrected chi connectivity index (χ2v) is 5.57. The number of carbonyl (C=O) groups is 1. The number of carboxylic acid groups (broad SMARTS) is 1. The zero-order chi connectivity index (χ0) is 14.8. The molecule has 2 aliphatic heterocycles. The van der Waals surface area contributed by atoms with E-state index in [0.29, 0.717) is 26.2 Å². The smallest absolute Gasteiger partial charge is 0.307 e. The number of ether oxygens (including phenoxy) is 1. The Morgan fingerprint density at radius 3 is 2.76 bits per heavy atom. The predicted molar refractivity (Wildman–Crippen MR) is 77.6 cm³/mol. The Bertz CT molecular complexity index is 528. The zero-order valence-corrected chi connectivity index (χ0v) is 11.8. The largest absolute Gasteiger partial charge is 0.508 e. The molecule has 2 fully saturated rings. The van der Waals surface area contributed by atoms with Crippen molar-refractivity contribution in [2.24, 2.45) is 5.92 Å². The lowest BCUT2D eigenvalue weighted by Crippen LogP contribution is -2.36. The van der Waals surface area contributed by atoms with Gasteiger partial charge in [0.15, 0.2) is 0 Å². The van der Waals surface area contributed by atoms with E-state index in [1.165, 1.54) is 0 Å². The first-order chi connectivity index (χ1) is 10.1. The summed E-state index contributed by atoms with van der Waals surface area (Å²) in [5.74, 6) is -0.953. The highest BCUT2D eigenvalue weighted by atomic mass is 16.5. The fourth-order valence-corrected chi connectivity index (χ4v) is 3.00. The fourth-order valence-electron chi connectivity index (χ4n) is 3.00. The molecule has 21 heavy (non-hydrogen) atoms. The molecule has 1 aromatic rings. The van der Waals surface area contributed by atoms with Crippen LogP contribution in [-0.4, -0.2) is 49.0 Å². The molecule has 0 spiro atoms. The van der Waals surface area contributed by atoms with Gasteiger partial charge in [-0.05, 0) is 24.6 Å². The van der Waals surface area contributed by atoms with E-state index in [-0.39, 0.29) is 17.7 Å². The maximum absolute atomic E-state index is 11.1. The van der Waals surface area contributed by atoms with E-state index in [1.54, 1.807) is 6.07 Å². The van der Waals surface area contributed by atoms with Crippen LogP contribution in [0.5, 0.6) is 5.75 Å². The van der Waals surface area contributed by atoms with Gasteiger partial charge >= 0.3 is 5.97 Å². The first-order valence-corrected chi connectivity index (χ1v) is 7.27. The van der Waals surface area contributed by atoms with E-state index in [2.05, 4.69) is 10.2 Å². The number of nitrogens with zero attached hydrogens (tertiary/aromatic N) is 1. The lowest BCUT2D eigenvalue weighted by atomic mass is 9.98. The Balaban J connectivity index is 1.80. The van der Waals surface area contributed by atoms with E-state index in [0.717, 1.165) is 24.3 Å². The summed E-state index contributed by atoms with van der Waals surface area (Å²) in [6.45, 7) is 3.53. The number of anilines is 1. The van der Waals surface area contributed by atoms with Crippen molar-refractivity contribution in [3.63, 3.8) is 0 Å². The van der Waals surface area contributed by atoms with Gasteiger partial charge < -0.3 is 25.2 Å². The van der Waals surface area contributed by atoms with Gasteiger partial charge in [0.25, 0.3) is 0 Å². The molecule has 6 heteroatoms. The lowest BCUT2D eigenvalue weighted by molar-refractivity contribution is -0.141. The van der Waals surface area contributed by atoms with Crippen LogP contribution >= 0.6 is 0 Å². The van der Waals surface area contributed by atoms with Crippen LogP contribution < -0.4 is 10.2 Å². The minimum atomic E-state index is -0.783. The summed E-state index contributed by atoms with van der Waals surface area (Å²) in [6.07, 6.45) is 0.509. The number of nitrogens with one attached hydrogen (secondary N) is 1. The number of hydrogen-bond acceptors (Lipinski definition) is 5. The molecule has 2 saturated heterocycles. The van der Waals surface area contributed by atoms with Gasteiger partial charge in [-0.25, -0.2) is 0 Å². The Hall–Kier alpha value is -1.79. The van der Waals surface area contributed by atoms with Gasteiger partial charge in [-0.3, -0.25) is 4.79 Å². The predicted octanol–water partition coefficient (Wildman–Crippen LogP) is 0.964. The molecule has 114 valence electrons. The summed E-state index contributed by atoms with van der Waals surface area (Å²) in [5, 5.41) is 22.4. The molecule has 3 N–H and O–H groups in total. The number of benzene rings is 1. The molecule has 3 rings (SSSR count). The molecule has 0 aromatic heterocycles. The summed E-state index contributed by atoms with van der Waals surface area (Å²) < 4.78 is 5.35. The number of phenols is 1. The highest BCUT2D eigenvalue weighted by Gasteiger charge is 2.31. The average Bonchev–Trinajstić information content (AvgIpc) is 2.98. The molecule has 2 unspecified atom stereocenters. The van der Waals surface area contributed by atoms with Gasteiger partial charge in [0.2, 0.25) is 0 Å². The van der Waals surface area contributed by atoms with Crippen molar-refractivity contribution in [2.45, 2.75) is 12.5 Å². The van der Waals surface area contributed by atoms with Gasteiger partial charge in [0.05, 0.1) is 19.1 Å². The number of rotatable bonds is 3. The summed E-state index contributed by atoms with van der Waals surface area (Å²) in [6, 6.07) is 5.44. The van der Waals surface area contributed by atoms with Crippen molar-refractivity contribution in [1.29, 1.82) is 0 Å². The van der Waals surface area contributed by atoms with Gasteiger partial charge in [0, 0.05) is 36.9 Å². The van der Waals surface area contributed by atoms with Crippen LogP contribution in [0.1, 0.15) is 18.0 Å². The Morgan fingerprint density at radius 1 is 1.33 bits per heavy atom. The second kappa shape index (κ2) is 5.91. The molecular formula is C15H20N2O4. The van der Waals surface area contributed by atoms with Crippen molar-refractivity contribution in [1.82, 2.24) is 5.32 Å². The second-order valence-electron chi connectivity index (χ2n) is 5.57. The number of phenolic OH excluding ortho intramolecular Hbond substituents is 1. The molecule has 2 heterocycles. The molecule has 0 aliphatic carbocycles. The molecule has 6 nitrogen and oxygen atoms in total. The average molecular weight is 292 g/mol. The van der Waals surface area contributed by atoms with Crippen molar-refractivity contribution in [2.75, 3.05) is 37.7 Å². The minimum absolute atomic E-state index is 0.105. The van der Waals surface area contributed by atoms with Crippen LogP contribution in [0.4, 0.5) is 5.69 Å². The first kappa shape index (κ1) is 14.2. The fraction of sp³-hybridized carbons (Fsp3) is 0.533. The Labute approximate surface area is 123 Å². The number of carboxylic acids is 1. The molecule has 0 bridgehead atoms. The molecular weight excluding hydrogens is 272 g/mol. The summed E-state index contributed by atoms with van der Waals surface area (Å²) >= 11 is 0. The minimum Gasteiger partial charge on any atom is -0.508 e. The maximum atomic E-state index is 11.1. The first-order valence-electron chi connectivity index (χ1n) is 7.27. The van der Waals surface area contributed by atoms with Crippen LogP contribution in [0.2, 0.25) is 0 Å². The van der Waals surface area contributed by atoms with Crippen LogP contribution in [0.3, 0.4) is 0 Å². The number of aromatic hydroxyl groups is 1. The third-order valence-electron chi connectivity index (χ3n) is 4.24. The highest BCUT2D eigenvalue weighted by Crippen LogP contribution is 2.35. The van der Waals surface area contributed by atoms with E-state index in [9.17, 15) is 9.90 Å². The van der Waals surface area contributed by atoms with E-state index >= 15 is 0 Å². The summed E-state index contributed by atoms with van der Waals surface area (Å²) in [7, 11) is 0. The third-order valence-corrected chi connectivity index (χ3v) is 4.24. The number of hydrogen-bond donors (Lipinski definition) is 3. The standard InChI is InChI=1S/C15H20N2O4/c18-14-2-1-11(17-3-5-21-6-4-17)8-12(14)13-7-10(9-16-13)15(19)20/h1-2,8,10,13,16,18H,3-7,9H2,(H,19,20). The van der Waals surface area contributed by atoms with Crippen molar-refractivity contribution in [3.8, 4) is 5.75 Å². The van der Waals surface area contributed by atoms with E-state index in [4.69, 9.17) is 9.84 Å². The normalized spacial score (nSPS) is 26.0. The molecule has 2 atom stereocenters. The molecule has 0 radical (unpaired) electrons. The molecule has 2 aliphatic rings. The lowest BCUT2D eigenvalue weighted by Gasteiger charge is -2.29. The van der Waals surface area contributed by atoms with Gasteiger partial charge in [0.1, 0.15) is 5.75 Å². The van der Waals surface area contributed by atoms with Gasteiger partial charge in [-0.1, -0.05) is 0 Å². The van der Waals surface area contributed by atoms with E-state index < -0.39 is 5.97 Å². The molecule has 1 aromatic carbocycles. The van der Waals surface area contributed by atoms with Crippen LogP contribution in [0.15, 0.2) is 18.2 Å². The molecule has 0 amide bonds. The Morgan fingerprint density at radius 2 is 2.10 bits per heavy atom. The van der Waals surface area contributed by atoms with Gasteiger partial charge in [-0.2, -0.15) is 0 Å². The van der Waals surface area contributed by atoms with Crippen molar-refractivity contribution in [3.05, 3.63) is 23.8 Å². The van der Waals surface area contributed by atoms with Gasteiger partial charge in [-0.15, -0.1) is 0 Å². The monoisotopic (exact) mass is 292 g/mol. The van der Waals surface area contributed by atoms with E-state index in [1.807, 2.05) is 12.1 Å². The summed E-state index contributed by atoms with van der Waals surface area (Å²) in [5.41, 5.74) is 1.83. The highest BCUT2D eigenvalue weighted by molar-refractivity contribution is 5.71. The topological polar surface area (TPSA) is 82.0 Å². The van der Waals surface area contributed by atoms with Crippen molar-refractivity contribution >= 4 is 11.7 Å². The van der Waals surface area contributed by atoms with Crippen LogP contribution in [0, 0.1) is 5.92 Å².